The summed E-state index contributed by atoms with van der Waals surface area (Å²) < 4.78 is 0. The first-order valence-electron chi connectivity index (χ1n) is 3.75. The van der Waals surface area contributed by atoms with Crippen molar-refractivity contribution >= 4 is 0 Å². The average Bonchev–Trinajstić information content (AvgIpc) is 1.93. The van der Waals surface area contributed by atoms with Crippen LogP contribution in [0.3, 0.4) is 0 Å². The van der Waals surface area contributed by atoms with Crippen LogP contribution in [0.4, 0.5) is 0 Å². The first-order chi connectivity index (χ1) is 5.18. The van der Waals surface area contributed by atoms with E-state index in [2.05, 4.69) is 38.2 Å². The first-order valence-corrected chi connectivity index (χ1v) is 3.75. The maximum Gasteiger partial charge on any atom is 0.0231 e. The molecule has 0 aliphatic rings. The van der Waals surface area contributed by atoms with Gasteiger partial charge in [0.05, 0.1) is 0 Å². The second kappa shape index (κ2) is 3.54. The molecule has 0 heterocycles. The van der Waals surface area contributed by atoms with Gasteiger partial charge in [-0.15, -0.1) is 0 Å². The highest BCUT2D eigenvalue weighted by Crippen LogP contribution is 2.04. The maximum atomic E-state index is 3.79. The molecule has 0 saturated carbocycles. The van der Waals surface area contributed by atoms with Gasteiger partial charge in [-0.1, -0.05) is 29.8 Å². The molecule has 0 unspecified atom stereocenters. The van der Waals surface area contributed by atoms with Crippen LogP contribution in [0.5, 0.6) is 0 Å². The van der Waals surface area contributed by atoms with Crippen molar-refractivity contribution in [3.8, 4) is 0 Å². The monoisotopic (exact) mass is 148 g/mol. The first kappa shape index (κ1) is 8.28. The van der Waals surface area contributed by atoms with Crippen LogP contribution in [0.2, 0.25) is 0 Å². The smallest absolute Gasteiger partial charge is 0.0231 e. The number of rotatable bonds is 2. The molecule has 11 heavy (non-hydrogen) atoms. The molecule has 0 saturated heterocycles. The Hall–Kier alpha value is -0.820. The van der Waals surface area contributed by atoms with Gasteiger partial charge in [0.25, 0.3) is 0 Å². The summed E-state index contributed by atoms with van der Waals surface area (Å²) in [5, 5.41) is 0. The van der Waals surface area contributed by atoms with Crippen molar-refractivity contribution in [2.45, 2.75) is 13.5 Å². The molecule has 1 nitrogen and oxygen atoms in total. The number of hydrogen-bond acceptors (Lipinski definition) is 1. The quantitative estimate of drug-likeness (QED) is 0.621. The second-order valence-electron chi connectivity index (χ2n) is 3.00. The zero-order valence-electron chi connectivity index (χ0n) is 7.17. The van der Waals surface area contributed by atoms with E-state index >= 15 is 0 Å². The summed E-state index contributed by atoms with van der Waals surface area (Å²) in [4.78, 5) is 1.92. The fourth-order valence-electron chi connectivity index (χ4n) is 1.01. The van der Waals surface area contributed by atoms with Gasteiger partial charge < -0.3 is 4.90 Å². The van der Waals surface area contributed by atoms with E-state index in [1.807, 2.05) is 11.9 Å². The molecule has 59 valence electrons. The summed E-state index contributed by atoms with van der Waals surface area (Å²) in [7, 11) is 5.76. The SMILES string of the molecule is [CH2]N(C)Cc1ccc(C)cc1. The molecule has 0 aliphatic carbocycles. The molecule has 1 rings (SSSR count). The molecule has 0 aromatic heterocycles. The molecule has 0 amide bonds. The largest absolute Gasteiger partial charge is 0.301 e. The van der Waals surface area contributed by atoms with Crippen LogP contribution in [0, 0.1) is 14.0 Å². The van der Waals surface area contributed by atoms with Crippen LogP contribution in [-0.4, -0.2) is 11.9 Å². The molecule has 0 N–H and O–H groups in total. The Labute approximate surface area is 68.7 Å². The molecular formula is C10H14N. The molecule has 1 heteroatoms. The topological polar surface area (TPSA) is 3.24 Å². The molecule has 1 radical (unpaired) electrons. The van der Waals surface area contributed by atoms with Crippen LogP contribution in [-0.2, 0) is 6.54 Å². The van der Waals surface area contributed by atoms with Crippen molar-refractivity contribution in [2.75, 3.05) is 7.05 Å². The van der Waals surface area contributed by atoms with Gasteiger partial charge in [0.1, 0.15) is 0 Å². The number of hydrogen-bond donors (Lipinski definition) is 0. The predicted octanol–water partition coefficient (Wildman–Crippen LogP) is 2.22. The van der Waals surface area contributed by atoms with Gasteiger partial charge in [-0.3, -0.25) is 0 Å². The molecule has 0 bridgehead atoms. The molecule has 1 aromatic rings. The molecular weight excluding hydrogens is 134 g/mol. The van der Waals surface area contributed by atoms with Gasteiger partial charge in [-0.2, -0.15) is 0 Å². The molecule has 0 spiro atoms. The number of nitrogens with zero attached hydrogens (tertiary/aromatic N) is 1. The van der Waals surface area contributed by atoms with Crippen molar-refractivity contribution in [3.63, 3.8) is 0 Å². The third-order valence-corrected chi connectivity index (χ3v) is 1.57. The summed E-state index contributed by atoms with van der Waals surface area (Å²) in [6.45, 7) is 3.01. The van der Waals surface area contributed by atoms with Crippen LogP contribution >= 0.6 is 0 Å². The van der Waals surface area contributed by atoms with Crippen LogP contribution in [0.25, 0.3) is 0 Å². The summed E-state index contributed by atoms with van der Waals surface area (Å²) >= 11 is 0. The van der Waals surface area contributed by atoms with E-state index in [-0.39, 0.29) is 0 Å². The maximum absolute atomic E-state index is 3.79. The summed E-state index contributed by atoms with van der Waals surface area (Å²) in [5.41, 5.74) is 2.62. The molecule has 0 aliphatic heterocycles. The zero-order valence-corrected chi connectivity index (χ0v) is 7.17. The van der Waals surface area contributed by atoms with Crippen molar-refractivity contribution in [1.29, 1.82) is 0 Å². The lowest BCUT2D eigenvalue weighted by Gasteiger charge is -2.08. The van der Waals surface area contributed by atoms with Gasteiger partial charge in [-0.05, 0) is 19.5 Å². The lowest BCUT2D eigenvalue weighted by atomic mass is 10.1. The Morgan fingerprint density at radius 2 is 1.82 bits per heavy atom. The normalized spacial score (nSPS) is 10.5. The minimum atomic E-state index is 0.917. The van der Waals surface area contributed by atoms with Crippen molar-refractivity contribution < 1.29 is 0 Å². The minimum absolute atomic E-state index is 0.917. The fourth-order valence-corrected chi connectivity index (χ4v) is 1.01. The van der Waals surface area contributed by atoms with E-state index in [1.165, 1.54) is 11.1 Å². The van der Waals surface area contributed by atoms with Crippen LogP contribution < -0.4 is 0 Å². The third kappa shape index (κ3) is 2.72. The highest BCUT2D eigenvalue weighted by atomic mass is 15.0. The third-order valence-electron chi connectivity index (χ3n) is 1.57. The molecule has 0 atom stereocenters. The highest BCUT2D eigenvalue weighted by molar-refractivity contribution is 5.21. The minimum Gasteiger partial charge on any atom is -0.301 e. The standard InChI is InChI=1S/C10H14N/c1-9-4-6-10(7-5-9)8-11(2)3/h4-7H,2,8H2,1,3H3. The van der Waals surface area contributed by atoms with E-state index in [4.69, 9.17) is 0 Å². The lowest BCUT2D eigenvalue weighted by molar-refractivity contribution is 0.445. The Morgan fingerprint density at radius 3 is 2.27 bits per heavy atom. The number of benzene rings is 1. The van der Waals surface area contributed by atoms with Gasteiger partial charge in [0.15, 0.2) is 0 Å². The Bertz CT molecular complexity index is 211. The van der Waals surface area contributed by atoms with Crippen molar-refractivity contribution in [2.24, 2.45) is 0 Å². The summed E-state index contributed by atoms with van der Waals surface area (Å²) in [6, 6.07) is 8.52. The van der Waals surface area contributed by atoms with Crippen molar-refractivity contribution in [3.05, 3.63) is 42.4 Å². The molecule has 1 aromatic carbocycles. The van der Waals surface area contributed by atoms with E-state index in [1.54, 1.807) is 0 Å². The van der Waals surface area contributed by atoms with E-state index in [9.17, 15) is 0 Å². The van der Waals surface area contributed by atoms with Gasteiger partial charge in [-0.25, -0.2) is 0 Å². The Kier molecular flexibility index (Phi) is 2.66. The highest BCUT2D eigenvalue weighted by Gasteiger charge is 1.92. The Morgan fingerprint density at radius 1 is 1.27 bits per heavy atom. The van der Waals surface area contributed by atoms with Gasteiger partial charge in [0, 0.05) is 13.6 Å². The van der Waals surface area contributed by atoms with Crippen LogP contribution in [0.1, 0.15) is 11.1 Å². The van der Waals surface area contributed by atoms with Gasteiger partial charge in [0.2, 0.25) is 0 Å². The van der Waals surface area contributed by atoms with Crippen molar-refractivity contribution in [1.82, 2.24) is 4.90 Å². The fraction of sp³-hybridized carbons (Fsp3) is 0.300. The van der Waals surface area contributed by atoms with E-state index < -0.39 is 0 Å². The molecule has 0 fully saturated rings. The van der Waals surface area contributed by atoms with Crippen LogP contribution in [0.15, 0.2) is 24.3 Å². The van der Waals surface area contributed by atoms with E-state index in [0.29, 0.717) is 0 Å². The average molecular weight is 148 g/mol. The zero-order chi connectivity index (χ0) is 8.27. The predicted molar refractivity (Wildman–Crippen MR) is 48.0 cm³/mol. The summed E-state index contributed by atoms with van der Waals surface area (Å²) in [5.74, 6) is 0. The van der Waals surface area contributed by atoms with E-state index in [0.717, 1.165) is 6.54 Å². The second-order valence-corrected chi connectivity index (χ2v) is 3.00. The van der Waals surface area contributed by atoms with Gasteiger partial charge >= 0.3 is 0 Å². The number of aryl methyl sites for hydroxylation is 1. The Balaban J connectivity index is 2.66. The lowest BCUT2D eigenvalue weighted by Crippen LogP contribution is -2.07. The summed E-state index contributed by atoms with van der Waals surface area (Å²) in [6.07, 6.45) is 0.